The zero-order chi connectivity index (χ0) is 24.0. The number of nitrogens with one attached hydrogen (secondary N) is 1. The Balaban J connectivity index is 1.47. The number of hydrogen-bond donors (Lipinski definition) is 2. The maximum absolute atomic E-state index is 14.5. The lowest BCUT2D eigenvalue weighted by Gasteiger charge is -2.29. The van der Waals surface area contributed by atoms with Crippen LogP contribution in [0.3, 0.4) is 0 Å². The molecule has 3 amide bonds. The molecule has 2 aromatic carbocycles. The van der Waals surface area contributed by atoms with E-state index in [-0.39, 0.29) is 31.4 Å². The lowest BCUT2D eigenvalue weighted by molar-refractivity contribution is -0.144. The Kier molecular flexibility index (Phi) is 5.16. The first-order valence-electron chi connectivity index (χ1n) is 10.5. The summed E-state index contributed by atoms with van der Waals surface area (Å²) in [5, 5.41) is 11.8. The fourth-order valence-corrected chi connectivity index (χ4v) is 3.92. The Hall–Kier alpha value is -3.62. The number of ketones is 1. The third-order valence-electron chi connectivity index (χ3n) is 5.64. The Morgan fingerprint density at radius 2 is 1.97 bits per heavy atom. The Morgan fingerprint density at radius 3 is 2.69 bits per heavy atom. The number of rotatable bonds is 6. The van der Waals surface area contributed by atoms with Gasteiger partial charge in [0.2, 0.25) is 17.6 Å². The quantitative estimate of drug-likeness (QED) is 0.668. The smallest absolute Gasteiger partial charge is 0.334 e. The summed E-state index contributed by atoms with van der Waals surface area (Å²) in [6, 6.07) is 7.45. The van der Waals surface area contributed by atoms with Crippen molar-refractivity contribution < 1.29 is 34.4 Å². The summed E-state index contributed by atoms with van der Waals surface area (Å²) in [4.78, 5) is 49.8. The molecule has 1 atom stereocenters. The van der Waals surface area contributed by atoms with Crippen molar-refractivity contribution in [2.75, 3.05) is 0 Å². The van der Waals surface area contributed by atoms with Gasteiger partial charge in [-0.3, -0.25) is 24.5 Å². The number of amides is 3. The van der Waals surface area contributed by atoms with Crippen LogP contribution in [0.25, 0.3) is 0 Å². The van der Waals surface area contributed by atoms with Crippen LogP contribution in [0.4, 0.5) is 8.78 Å². The van der Waals surface area contributed by atoms with Gasteiger partial charge in [-0.2, -0.15) is 8.78 Å². The van der Waals surface area contributed by atoms with Crippen LogP contribution in [0.1, 0.15) is 47.7 Å². The number of para-hydroxylation sites is 1. The van der Waals surface area contributed by atoms with E-state index >= 15 is 0 Å². The number of hydrogen-bond acceptors (Lipinski definition) is 5. The molecule has 0 spiro atoms. The lowest BCUT2D eigenvalue weighted by atomic mass is 9.97. The highest BCUT2D eigenvalue weighted by Crippen LogP contribution is 2.36. The molecule has 0 bridgehead atoms. The minimum atomic E-state index is -3.85. The molecule has 9 heteroatoms. The van der Waals surface area contributed by atoms with Crippen molar-refractivity contribution in [3.63, 3.8) is 0 Å². The predicted molar refractivity (Wildman–Crippen MR) is 108 cm³/mol. The number of phenols is 1. The second-order valence-electron chi connectivity index (χ2n) is 7.72. The lowest BCUT2D eigenvalue weighted by Crippen LogP contribution is -2.52. The van der Waals surface area contributed by atoms with Crippen LogP contribution in [0.5, 0.6) is 5.75 Å². The first-order valence-corrected chi connectivity index (χ1v) is 10.0. The largest absolute Gasteiger partial charge is 0.507 e. The summed E-state index contributed by atoms with van der Waals surface area (Å²) in [5.41, 5.74) is 0.567. The number of Topliss-reactive ketones (excluding diaryl/α,β-unsaturated/α-hetero) is 1. The number of aromatic hydroxyl groups is 1. The van der Waals surface area contributed by atoms with Gasteiger partial charge in [0.15, 0.2) is 0 Å². The van der Waals surface area contributed by atoms with Crippen LogP contribution in [0.15, 0.2) is 42.5 Å². The molecule has 2 N–H and O–H groups in total. The molecule has 0 aromatic heterocycles. The third kappa shape index (κ3) is 3.86. The maximum atomic E-state index is 14.5. The summed E-state index contributed by atoms with van der Waals surface area (Å²) in [7, 11) is 0. The van der Waals surface area contributed by atoms with Gasteiger partial charge in [0, 0.05) is 24.9 Å². The van der Waals surface area contributed by atoms with Crippen LogP contribution in [0, 0.1) is 0 Å². The highest BCUT2D eigenvalue weighted by atomic mass is 19.3. The third-order valence-corrected chi connectivity index (χ3v) is 5.64. The van der Waals surface area contributed by atoms with Crippen molar-refractivity contribution in [2.24, 2.45) is 0 Å². The molecular formula is C23H20F2N2O5. The van der Waals surface area contributed by atoms with E-state index in [9.17, 15) is 33.1 Å². The van der Waals surface area contributed by atoms with Gasteiger partial charge in [0.1, 0.15) is 11.8 Å². The summed E-state index contributed by atoms with van der Waals surface area (Å²) in [6.45, 7) is -0.0465. The number of halogens is 2. The molecule has 1 saturated heterocycles. The molecule has 2 heterocycles. The van der Waals surface area contributed by atoms with Gasteiger partial charge in [-0.05, 0) is 42.2 Å². The monoisotopic (exact) mass is 443 g/mol. The normalized spacial score (nSPS) is 21.2. The zero-order valence-corrected chi connectivity index (χ0v) is 16.9. The summed E-state index contributed by atoms with van der Waals surface area (Å²) < 4.78 is 37.5. The van der Waals surface area contributed by atoms with Gasteiger partial charge in [0.05, 0.1) is 6.93 Å². The molecule has 0 aliphatic carbocycles. The molecular weight excluding hydrogens is 422 g/mol. The van der Waals surface area contributed by atoms with Crippen molar-refractivity contribution in [1.82, 2.24) is 10.2 Å². The molecule has 7 nitrogen and oxygen atoms in total. The second kappa shape index (κ2) is 8.14. The molecule has 0 unspecified atom stereocenters. The first-order chi connectivity index (χ1) is 15.5. The fraction of sp³-hybridized carbons (Fsp3) is 0.304. The number of aryl methyl sites for hydroxylation is 1. The van der Waals surface area contributed by atoms with Crippen molar-refractivity contribution in [3.8, 4) is 5.75 Å². The van der Waals surface area contributed by atoms with Crippen molar-refractivity contribution in [3.05, 3.63) is 64.7 Å². The molecule has 166 valence electrons. The van der Waals surface area contributed by atoms with Gasteiger partial charge in [-0.1, -0.05) is 24.3 Å². The van der Waals surface area contributed by atoms with Crippen LogP contribution in [0.2, 0.25) is 0 Å². The molecule has 0 saturated carbocycles. The highest BCUT2D eigenvalue weighted by molar-refractivity contribution is 6.05. The van der Waals surface area contributed by atoms with E-state index in [1.165, 1.54) is 24.3 Å². The SMILES string of the molecule is [2H][C@]1(N2Cc3cc(CCC(=O)C(F)(F)c4ccccc4O)ccc3C2=O)CCC(=O)NC1=O. The van der Waals surface area contributed by atoms with E-state index in [0.717, 1.165) is 17.0 Å². The summed E-state index contributed by atoms with van der Waals surface area (Å²) in [6.07, 6.45) is -0.705. The van der Waals surface area contributed by atoms with E-state index in [0.29, 0.717) is 11.1 Å². The van der Waals surface area contributed by atoms with Gasteiger partial charge < -0.3 is 10.0 Å². The van der Waals surface area contributed by atoms with Crippen LogP contribution >= 0.6 is 0 Å². The Labute approximate surface area is 183 Å². The molecule has 1 fully saturated rings. The number of phenolic OH excluding ortho intramolecular Hbond substituents is 1. The van der Waals surface area contributed by atoms with E-state index in [2.05, 4.69) is 5.32 Å². The zero-order valence-electron chi connectivity index (χ0n) is 17.9. The standard InChI is InChI=1S/C23H20F2N2O5/c24-23(25,16-3-1-2-4-18(16)28)19(29)9-6-13-5-7-15-14(11-13)12-27(22(15)32)17-8-10-20(30)26-21(17)31/h1-5,7,11,17,28H,6,8-10,12H2,(H,26,30,31)/t17-/m0/s1/i17D. The summed E-state index contributed by atoms with van der Waals surface area (Å²) >= 11 is 0. The van der Waals surface area contributed by atoms with Gasteiger partial charge in [0.25, 0.3) is 5.91 Å². The van der Waals surface area contributed by atoms with Crippen LogP contribution in [-0.4, -0.2) is 39.5 Å². The molecule has 2 aliphatic rings. The minimum absolute atomic E-state index is 0.0233. The number of fused-ring (bicyclic) bond motifs is 1. The van der Waals surface area contributed by atoms with E-state index in [1.54, 1.807) is 6.07 Å². The number of imide groups is 1. The van der Waals surface area contributed by atoms with E-state index in [4.69, 9.17) is 1.37 Å². The van der Waals surface area contributed by atoms with Gasteiger partial charge in [-0.25, -0.2) is 0 Å². The highest BCUT2D eigenvalue weighted by Gasteiger charge is 2.42. The minimum Gasteiger partial charge on any atom is -0.507 e. The van der Waals surface area contributed by atoms with Crippen molar-refractivity contribution in [1.29, 1.82) is 0 Å². The number of nitrogens with zero attached hydrogens (tertiary/aromatic N) is 1. The number of carbonyl (C=O) groups excluding carboxylic acids is 4. The maximum Gasteiger partial charge on any atom is 0.334 e. The topological polar surface area (TPSA) is 104 Å². The first kappa shape index (κ1) is 20.3. The number of piperidine rings is 1. The van der Waals surface area contributed by atoms with Crippen LogP contribution < -0.4 is 5.32 Å². The predicted octanol–water partition coefficient (Wildman–Crippen LogP) is 2.45. The molecule has 32 heavy (non-hydrogen) atoms. The van der Waals surface area contributed by atoms with Crippen molar-refractivity contribution in [2.45, 2.75) is 44.2 Å². The van der Waals surface area contributed by atoms with Crippen molar-refractivity contribution >= 4 is 23.5 Å². The molecule has 0 radical (unpaired) electrons. The molecule has 2 aliphatic heterocycles. The average Bonchev–Trinajstić information content (AvgIpc) is 3.11. The number of alkyl halides is 2. The molecule has 2 aromatic rings. The second-order valence-corrected chi connectivity index (χ2v) is 7.72. The number of benzene rings is 2. The number of carbonyl (C=O) groups is 4. The van der Waals surface area contributed by atoms with E-state index < -0.39 is 53.2 Å². The van der Waals surface area contributed by atoms with Gasteiger partial charge >= 0.3 is 5.92 Å². The molecule has 4 rings (SSSR count). The van der Waals surface area contributed by atoms with Gasteiger partial charge in [-0.15, -0.1) is 0 Å². The Bertz CT molecular complexity index is 1190. The Morgan fingerprint density at radius 1 is 1.22 bits per heavy atom. The summed E-state index contributed by atoms with van der Waals surface area (Å²) in [5.74, 6) is -7.76. The van der Waals surface area contributed by atoms with Crippen LogP contribution in [-0.2, 0) is 33.3 Å². The average molecular weight is 443 g/mol. The fourth-order valence-electron chi connectivity index (χ4n) is 3.92. The van der Waals surface area contributed by atoms with E-state index in [1.807, 2.05) is 0 Å².